The Hall–Kier alpha value is -0.620. The molecule has 3 nitrogen and oxygen atoms in total. The van der Waals surface area contributed by atoms with E-state index in [4.69, 9.17) is 11.5 Å². The normalized spacial score (nSPS) is 12.5. The van der Waals surface area contributed by atoms with E-state index in [0.717, 1.165) is 9.13 Å². The number of nitrogens with two attached hydrogens (primary N) is 2. The molecule has 0 aromatic heterocycles. The Morgan fingerprint density at radius 3 is 2.38 bits per heavy atom. The fourth-order valence-electron chi connectivity index (χ4n) is 1.04. The Kier molecular flexibility index (Phi) is 3.68. The molecule has 1 aromatic rings. The van der Waals surface area contributed by atoms with E-state index < -0.39 is 0 Å². The minimum atomic E-state index is -0.369. The SMILES string of the molecule is NC(=O)C[C@@H](N)c1ccc(I)cc1. The highest BCUT2D eigenvalue weighted by Crippen LogP contribution is 2.15. The van der Waals surface area contributed by atoms with Crippen molar-refractivity contribution < 1.29 is 4.79 Å². The van der Waals surface area contributed by atoms with Crippen LogP contribution in [0.1, 0.15) is 18.0 Å². The van der Waals surface area contributed by atoms with Crippen molar-refractivity contribution in [3.63, 3.8) is 0 Å². The quantitative estimate of drug-likeness (QED) is 0.820. The fourth-order valence-corrected chi connectivity index (χ4v) is 1.40. The molecule has 0 saturated heterocycles. The lowest BCUT2D eigenvalue weighted by atomic mass is 10.1. The second-order valence-corrected chi connectivity index (χ2v) is 4.07. The van der Waals surface area contributed by atoms with Crippen LogP contribution in [0.2, 0.25) is 0 Å². The number of hydrogen-bond acceptors (Lipinski definition) is 2. The average Bonchev–Trinajstić information content (AvgIpc) is 2.04. The first kappa shape index (κ1) is 10.5. The van der Waals surface area contributed by atoms with Crippen molar-refractivity contribution in [1.82, 2.24) is 0 Å². The number of benzene rings is 1. The molecule has 0 radical (unpaired) electrons. The first-order chi connectivity index (χ1) is 6.09. The lowest BCUT2D eigenvalue weighted by molar-refractivity contribution is -0.118. The molecule has 0 heterocycles. The molecule has 0 saturated carbocycles. The topological polar surface area (TPSA) is 69.1 Å². The summed E-state index contributed by atoms with van der Waals surface area (Å²) in [7, 11) is 0. The predicted octanol–water partition coefficient (Wildman–Crippen LogP) is 1.17. The molecule has 0 bridgehead atoms. The predicted molar refractivity (Wildman–Crippen MR) is 59.9 cm³/mol. The smallest absolute Gasteiger partial charge is 0.219 e. The number of halogens is 1. The molecule has 0 aliphatic heterocycles. The van der Waals surface area contributed by atoms with Crippen molar-refractivity contribution >= 4 is 28.5 Å². The van der Waals surface area contributed by atoms with Gasteiger partial charge in [-0.05, 0) is 40.3 Å². The van der Waals surface area contributed by atoms with Crippen molar-refractivity contribution in [2.24, 2.45) is 11.5 Å². The van der Waals surface area contributed by atoms with Crippen molar-refractivity contribution in [1.29, 1.82) is 0 Å². The van der Waals surface area contributed by atoms with E-state index in [-0.39, 0.29) is 18.4 Å². The van der Waals surface area contributed by atoms with E-state index in [9.17, 15) is 4.79 Å². The summed E-state index contributed by atoms with van der Waals surface area (Å²) in [5, 5.41) is 0. The number of carbonyl (C=O) groups excluding carboxylic acids is 1. The molecule has 70 valence electrons. The maximum atomic E-state index is 10.6. The summed E-state index contributed by atoms with van der Waals surface area (Å²) in [6, 6.07) is 7.45. The summed E-state index contributed by atoms with van der Waals surface area (Å²) in [6.45, 7) is 0. The van der Waals surface area contributed by atoms with Crippen LogP contribution in [0.3, 0.4) is 0 Å². The van der Waals surface area contributed by atoms with Gasteiger partial charge in [-0.1, -0.05) is 12.1 Å². The third-order valence-corrected chi connectivity index (χ3v) is 2.44. The highest BCUT2D eigenvalue weighted by Gasteiger charge is 2.08. The molecule has 1 aromatic carbocycles. The van der Waals surface area contributed by atoms with Gasteiger partial charge in [0, 0.05) is 16.0 Å². The maximum absolute atomic E-state index is 10.6. The summed E-state index contributed by atoms with van der Waals surface area (Å²) in [4.78, 5) is 10.6. The molecule has 0 aliphatic rings. The Bertz CT molecular complexity index is 297. The van der Waals surface area contributed by atoms with Crippen molar-refractivity contribution in [2.75, 3.05) is 0 Å². The number of hydrogen-bond donors (Lipinski definition) is 2. The summed E-state index contributed by atoms with van der Waals surface area (Å²) in [5.41, 5.74) is 11.7. The zero-order valence-electron chi connectivity index (χ0n) is 7.03. The van der Waals surface area contributed by atoms with Crippen LogP contribution in [0.4, 0.5) is 0 Å². The van der Waals surface area contributed by atoms with Gasteiger partial charge in [0.05, 0.1) is 0 Å². The van der Waals surface area contributed by atoms with E-state index >= 15 is 0 Å². The molecule has 4 N–H and O–H groups in total. The third kappa shape index (κ3) is 3.31. The van der Waals surface area contributed by atoms with Crippen LogP contribution < -0.4 is 11.5 Å². The fraction of sp³-hybridized carbons (Fsp3) is 0.222. The number of primary amides is 1. The van der Waals surface area contributed by atoms with Crippen molar-refractivity contribution in [3.05, 3.63) is 33.4 Å². The monoisotopic (exact) mass is 290 g/mol. The van der Waals surface area contributed by atoms with Gasteiger partial charge in [-0.25, -0.2) is 0 Å². The Morgan fingerprint density at radius 2 is 1.92 bits per heavy atom. The van der Waals surface area contributed by atoms with Crippen LogP contribution in [0.25, 0.3) is 0 Å². The van der Waals surface area contributed by atoms with Gasteiger partial charge >= 0.3 is 0 Å². The summed E-state index contributed by atoms with van der Waals surface area (Å²) < 4.78 is 1.15. The summed E-state index contributed by atoms with van der Waals surface area (Å²) in [5.74, 6) is -0.369. The van der Waals surface area contributed by atoms with Gasteiger partial charge in [-0.15, -0.1) is 0 Å². The first-order valence-corrected chi connectivity index (χ1v) is 4.97. The van der Waals surface area contributed by atoms with Crippen LogP contribution in [0.5, 0.6) is 0 Å². The minimum absolute atomic E-state index is 0.195. The average molecular weight is 290 g/mol. The zero-order chi connectivity index (χ0) is 9.84. The van der Waals surface area contributed by atoms with Gasteiger partial charge in [0.2, 0.25) is 5.91 Å². The highest BCUT2D eigenvalue weighted by molar-refractivity contribution is 14.1. The van der Waals surface area contributed by atoms with Crippen LogP contribution >= 0.6 is 22.6 Å². The van der Waals surface area contributed by atoms with Gasteiger partial charge in [0.25, 0.3) is 0 Å². The molecule has 0 spiro atoms. The van der Waals surface area contributed by atoms with Crippen LogP contribution in [0.15, 0.2) is 24.3 Å². The summed E-state index contributed by atoms with van der Waals surface area (Å²) >= 11 is 2.21. The Morgan fingerprint density at radius 1 is 1.38 bits per heavy atom. The molecular formula is C9H11IN2O. The second kappa shape index (κ2) is 4.57. The molecule has 0 unspecified atom stereocenters. The molecular weight excluding hydrogens is 279 g/mol. The van der Waals surface area contributed by atoms with Gasteiger partial charge < -0.3 is 11.5 Å². The van der Waals surface area contributed by atoms with Crippen molar-refractivity contribution in [3.8, 4) is 0 Å². The van der Waals surface area contributed by atoms with Crippen LogP contribution in [-0.4, -0.2) is 5.91 Å². The molecule has 1 rings (SSSR count). The molecule has 0 aliphatic carbocycles. The molecule has 4 heteroatoms. The minimum Gasteiger partial charge on any atom is -0.370 e. The van der Waals surface area contributed by atoms with E-state index in [0.29, 0.717) is 0 Å². The van der Waals surface area contributed by atoms with Crippen LogP contribution in [0, 0.1) is 3.57 Å². The molecule has 1 amide bonds. The number of carbonyl (C=O) groups is 1. The van der Waals surface area contributed by atoms with E-state index in [2.05, 4.69) is 22.6 Å². The number of rotatable bonds is 3. The Labute approximate surface area is 90.6 Å². The highest BCUT2D eigenvalue weighted by atomic mass is 127. The molecule has 0 fully saturated rings. The lowest BCUT2D eigenvalue weighted by Crippen LogP contribution is -2.20. The molecule has 1 atom stereocenters. The maximum Gasteiger partial charge on any atom is 0.219 e. The second-order valence-electron chi connectivity index (χ2n) is 2.83. The van der Waals surface area contributed by atoms with Gasteiger partial charge in [-0.3, -0.25) is 4.79 Å². The zero-order valence-corrected chi connectivity index (χ0v) is 9.19. The lowest BCUT2D eigenvalue weighted by Gasteiger charge is -2.09. The van der Waals surface area contributed by atoms with E-state index in [1.807, 2.05) is 24.3 Å². The third-order valence-electron chi connectivity index (χ3n) is 1.72. The van der Waals surface area contributed by atoms with E-state index in [1.165, 1.54) is 0 Å². The summed E-state index contributed by atoms with van der Waals surface area (Å²) in [6.07, 6.45) is 0.195. The van der Waals surface area contributed by atoms with Gasteiger partial charge in [0.1, 0.15) is 0 Å². The van der Waals surface area contributed by atoms with Crippen LogP contribution in [-0.2, 0) is 4.79 Å². The van der Waals surface area contributed by atoms with Gasteiger partial charge in [0.15, 0.2) is 0 Å². The Balaban J connectivity index is 2.71. The van der Waals surface area contributed by atoms with Gasteiger partial charge in [-0.2, -0.15) is 0 Å². The largest absolute Gasteiger partial charge is 0.370 e. The molecule has 13 heavy (non-hydrogen) atoms. The first-order valence-electron chi connectivity index (χ1n) is 3.89. The number of amides is 1. The standard InChI is InChI=1S/C9H11IN2O/c10-7-3-1-6(2-4-7)8(11)5-9(12)13/h1-4,8H,5,11H2,(H2,12,13)/t8-/m1/s1. The van der Waals surface area contributed by atoms with Crippen molar-refractivity contribution in [2.45, 2.75) is 12.5 Å². The van der Waals surface area contributed by atoms with E-state index in [1.54, 1.807) is 0 Å².